The molecule has 0 unspecified atom stereocenters. The summed E-state index contributed by atoms with van der Waals surface area (Å²) >= 11 is 0. The van der Waals surface area contributed by atoms with E-state index >= 15 is 0 Å². The lowest BCUT2D eigenvalue weighted by atomic mass is 10.0. The molecule has 0 bridgehead atoms. The molecule has 3 heteroatoms. The summed E-state index contributed by atoms with van der Waals surface area (Å²) in [5, 5.41) is 11.8. The standard InChI is InChI=1S/C18H13NO2/c20-17(11-9-14-6-3-4-12-19-14)16-10-8-13-5-1-2-7-15(13)18(16)21/h1-12,21H/b11-9+. The van der Waals surface area contributed by atoms with Crippen molar-refractivity contribution in [2.45, 2.75) is 0 Å². The van der Waals surface area contributed by atoms with Crippen LogP contribution in [0.2, 0.25) is 0 Å². The van der Waals surface area contributed by atoms with Crippen molar-refractivity contribution in [1.82, 2.24) is 4.98 Å². The Labute approximate surface area is 122 Å². The number of pyridine rings is 1. The molecule has 0 radical (unpaired) electrons. The van der Waals surface area contributed by atoms with Gasteiger partial charge in [0.1, 0.15) is 5.75 Å². The number of aromatic hydroxyl groups is 1. The number of hydrogen-bond acceptors (Lipinski definition) is 3. The van der Waals surface area contributed by atoms with Crippen LogP contribution in [0.15, 0.2) is 66.9 Å². The Morgan fingerprint density at radius 2 is 1.81 bits per heavy atom. The van der Waals surface area contributed by atoms with Crippen molar-refractivity contribution in [2.75, 3.05) is 0 Å². The van der Waals surface area contributed by atoms with Crippen LogP contribution in [0, 0.1) is 0 Å². The Morgan fingerprint density at radius 1 is 1.00 bits per heavy atom. The van der Waals surface area contributed by atoms with Gasteiger partial charge in [-0.25, -0.2) is 0 Å². The molecule has 3 rings (SSSR count). The van der Waals surface area contributed by atoms with E-state index < -0.39 is 0 Å². The minimum Gasteiger partial charge on any atom is -0.507 e. The third kappa shape index (κ3) is 2.67. The van der Waals surface area contributed by atoms with Gasteiger partial charge in [0, 0.05) is 11.6 Å². The quantitative estimate of drug-likeness (QED) is 0.583. The van der Waals surface area contributed by atoms with Gasteiger partial charge in [-0.05, 0) is 35.7 Å². The van der Waals surface area contributed by atoms with E-state index in [1.54, 1.807) is 24.4 Å². The number of phenolic OH excluding ortho intramolecular Hbond substituents is 1. The molecule has 0 spiro atoms. The van der Waals surface area contributed by atoms with E-state index in [4.69, 9.17) is 0 Å². The summed E-state index contributed by atoms with van der Waals surface area (Å²) in [7, 11) is 0. The molecule has 0 aliphatic rings. The molecule has 0 atom stereocenters. The predicted molar refractivity (Wildman–Crippen MR) is 83.2 cm³/mol. The number of ketones is 1. The highest BCUT2D eigenvalue weighted by molar-refractivity contribution is 6.11. The summed E-state index contributed by atoms with van der Waals surface area (Å²) in [6.07, 6.45) is 4.72. The number of allylic oxidation sites excluding steroid dienone is 1. The molecule has 0 saturated carbocycles. The molecule has 1 heterocycles. The maximum atomic E-state index is 12.2. The van der Waals surface area contributed by atoms with E-state index in [0.29, 0.717) is 16.6 Å². The molecule has 0 amide bonds. The van der Waals surface area contributed by atoms with Crippen molar-refractivity contribution in [3.05, 3.63) is 78.1 Å². The van der Waals surface area contributed by atoms with Gasteiger partial charge < -0.3 is 5.11 Å². The minimum atomic E-state index is -0.246. The van der Waals surface area contributed by atoms with Crippen LogP contribution in [0.5, 0.6) is 5.75 Å². The zero-order chi connectivity index (χ0) is 14.7. The number of aromatic nitrogens is 1. The molecule has 1 aromatic heterocycles. The smallest absolute Gasteiger partial charge is 0.189 e. The molecule has 102 valence electrons. The van der Waals surface area contributed by atoms with E-state index in [0.717, 1.165) is 5.39 Å². The average Bonchev–Trinajstić information content (AvgIpc) is 2.54. The van der Waals surface area contributed by atoms with Crippen LogP contribution in [0.3, 0.4) is 0 Å². The third-order valence-electron chi connectivity index (χ3n) is 3.26. The highest BCUT2D eigenvalue weighted by Crippen LogP contribution is 2.29. The molecule has 1 N–H and O–H groups in total. The summed E-state index contributed by atoms with van der Waals surface area (Å²) in [6.45, 7) is 0. The van der Waals surface area contributed by atoms with Gasteiger partial charge in [-0.15, -0.1) is 0 Å². The Hall–Kier alpha value is -2.94. The third-order valence-corrected chi connectivity index (χ3v) is 3.26. The van der Waals surface area contributed by atoms with Crippen LogP contribution in [0.1, 0.15) is 16.1 Å². The molecule has 3 aromatic rings. The number of fused-ring (bicyclic) bond motifs is 1. The zero-order valence-corrected chi connectivity index (χ0v) is 11.2. The van der Waals surface area contributed by atoms with Crippen LogP contribution < -0.4 is 0 Å². The summed E-state index contributed by atoms with van der Waals surface area (Å²) in [4.78, 5) is 16.3. The van der Waals surface area contributed by atoms with Gasteiger partial charge >= 0.3 is 0 Å². The number of benzene rings is 2. The monoisotopic (exact) mass is 275 g/mol. The number of carbonyl (C=O) groups is 1. The SMILES string of the molecule is O=C(/C=C/c1ccccn1)c1ccc2ccccc2c1O. The number of phenols is 1. The fourth-order valence-electron chi connectivity index (χ4n) is 2.18. The highest BCUT2D eigenvalue weighted by atomic mass is 16.3. The number of rotatable bonds is 3. The summed E-state index contributed by atoms with van der Waals surface area (Å²) in [6, 6.07) is 16.4. The van der Waals surface area contributed by atoms with E-state index in [9.17, 15) is 9.90 Å². The first kappa shape index (κ1) is 13.1. The van der Waals surface area contributed by atoms with Crippen LogP contribution in [-0.2, 0) is 0 Å². The lowest BCUT2D eigenvalue weighted by Crippen LogP contribution is -1.95. The fourth-order valence-corrected chi connectivity index (χ4v) is 2.18. The highest BCUT2D eigenvalue weighted by Gasteiger charge is 2.11. The van der Waals surface area contributed by atoms with Crippen molar-refractivity contribution in [3.8, 4) is 5.75 Å². The summed E-state index contributed by atoms with van der Waals surface area (Å²) in [5.74, 6) is -0.229. The topological polar surface area (TPSA) is 50.2 Å². The van der Waals surface area contributed by atoms with Crippen molar-refractivity contribution in [1.29, 1.82) is 0 Å². The lowest BCUT2D eigenvalue weighted by molar-refractivity contribution is 0.104. The Kier molecular flexibility index (Phi) is 3.48. The number of hydrogen-bond donors (Lipinski definition) is 1. The first-order valence-electron chi connectivity index (χ1n) is 6.60. The van der Waals surface area contributed by atoms with E-state index in [2.05, 4.69) is 4.98 Å². The Morgan fingerprint density at radius 3 is 2.62 bits per heavy atom. The van der Waals surface area contributed by atoms with Crippen LogP contribution in [0.25, 0.3) is 16.8 Å². The molecule has 0 aliphatic carbocycles. The molecular weight excluding hydrogens is 262 g/mol. The van der Waals surface area contributed by atoms with Gasteiger partial charge in [-0.3, -0.25) is 9.78 Å². The fraction of sp³-hybridized carbons (Fsp3) is 0. The van der Waals surface area contributed by atoms with Gasteiger partial charge in [0.25, 0.3) is 0 Å². The van der Waals surface area contributed by atoms with Crippen LogP contribution in [0.4, 0.5) is 0 Å². The van der Waals surface area contributed by atoms with Crippen LogP contribution in [-0.4, -0.2) is 15.9 Å². The van der Waals surface area contributed by atoms with Gasteiger partial charge in [0.2, 0.25) is 0 Å². The molecule has 21 heavy (non-hydrogen) atoms. The van der Waals surface area contributed by atoms with E-state index in [1.165, 1.54) is 6.08 Å². The Bertz CT molecular complexity index is 823. The second-order valence-electron chi connectivity index (χ2n) is 4.64. The van der Waals surface area contributed by atoms with Gasteiger partial charge in [0.05, 0.1) is 11.3 Å². The first-order valence-corrected chi connectivity index (χ1v) is 6.60. The molecule has 3 nitrogen and oxygen atoms in total. The first-order chi connectivity index (χ1) is 10.3. The zero-order valence-electron chi connectivity index (χ0n) is 11.2. The second kappa shape index (κ2) is 5.59. The van der Waals surface area contributed by atoms with Gasteiger partial charge in [-0.1, -0.05) is 36.4 Å². The van der Waals surface area contributed by atoms with Gasteiger partial charge in [-0.2, -0.15) is 0 Å². The van der Waals surface area contributed by atoms with Gasteiger partial charge in [0.15, 0.2) is 5.78 Å². The minimum absolute atomic E-state index is 0.0174. The second-order valence-corrected chi connectivity index (χ2v) is 4.64. The van der Waals surface area contributed by atoms with Crippen LogP contribution >= 0.6 is 0 Å². The number of carbonyl (C=O) groups excluding carboxylic acids is 1. The van der Waals surface area contributed by atoms with Crippen molar-refractivity contribution < 1.29 is 9.90 Å². The molecule has 0 saturated heterocycles. The van der Waals surface area contributed by atoms with E-state index in [-0.39, 0.29) is 11.5 Å². The van der Waals surface area contributed by atoms with Crippen molar-refractivity contribution >= 4 is 22.6 Å². The maximum absolute atomic E-state index is 12.2. The summed E-state index contributed by atoms with van der Waals surface area (Å²) < 4.78 is 0. The van der Waals surface area contributed by atoms with Crippen molar-refractivity contribution in [2.24, 2.45) is 0 Å². The van der Waals surface area contributed by atoms with E-state index in [1.807, 2.05) is 42.5 Å². The molecular formula is C18H13NO2. The molecule has 0 aliphatic heterocycles. The van der Waals surface area contributed by atoms with Crippen molar-refractivity contribution in [3.63, 3.8) is 0 Å². The maximum Gasteiger partial charge on any atom is 0.189 e. The Balaban J connectivity index is 1.95. The average molecular weight is 275 g/mol. The normalized spacial score (nSPS) is 11.0. The lowest BCUT2D eigenvalue weighted by Gasteiger charge is -2.05. The largest absolute Gasteiger partial charge is 0.507 e. The molecule has 2 aromatic carbocycles. The number of nitrogens with zero attached hydrogens (tertiary/aromatic N) is 1. The summed E-state index contributed by atoms with van der Waals surface area (Å²) in [5.41, 5.74) is 0.993. The molecule has 0 fully saturated rings. The predicted octanol–water partition coefficient (Wildman–Crippen LogP) is 3.84.